The molecule has 0 saturated carbocycles. The van der Waals surface area contributed by atoms with Crippen LogP contribution in [0.15, 0.2) is 42.5 Å². The first-order chi connectivity index (χ1) is 13.7. The lowest BCUT2D eigenvalue weighted by Gasteiger charge is -2.16. The maximum absolute atomic E-state index is 12.6. The standard InChI is InChI=1S/C21H22F3NO4/c1-25(13-14-5-8-16(9-6-14)21(22,23)24)19(26)10-7-15-11-17(27-2)20(29-4)18(12-15)28-3/h5-12H,13H2,1-4H3/b10-7+. The number of ether oxygens (including phenoxy) is 3. The van der Waals surface area contributed by atoms with Crippen LogP contribution < -0.4 is 14.2 Å². The van der Waals surface area contributed by atoms with Gasteiger partial charge in [-0.05, 0) is 41.5 Å². The van der Waals surface area contributed by atoms with Gasteiger partial charge in [-0.25, -0.2) is 0 Å². The van der Waals surface area contributed by atoms with E-state index in [2.05, 4.69) is 0 Å². The van der Waals surface area contributed by atoms with Gasteiger partial charge >= 0.3 is 6.18 Å². The molecule has 0 aromatic heterocycles. The molecular weight excluding hydrogens is 387 g/mol. The third kappa shape index (κ3) is 5.66. The third-order valence-corrected chi connectivity index (χ3v) is 4.18. The van der Waals surface area contributed by atoms with Crippen LogP contribution in [0.1, 0.15) is 16.7 Å². The molecule has 0 unspecified atom stereocenters. The minimum Gasteiger partial charge on any atom is -0.493 e. The zero-order valence-electron chi connectivity index (χ0n) is 16.5. The smallest absolute Gasteiger partial charge is 0.416 e. The van der Waals surface area contributed by atoms with E-state index in [1.807, 2.05) is 0 Å². The van der Waals surface area contributed by atoms with E-state index in [9.17, 15) is 18.0 Å². The molecule has 0 fully saturated rings. The van der Waals surface area contributed by atoms with Crippen LogP contribution in [0.2, 0.25) is 0 Å². The van der Waals surface area contributed by atoms with Crippen molar-refractivity contribution in [3.63, 3.8) is 0 Å². The fourth-order valence-electron chi connectivity index (χ4n) is 2.64. The van der Waals surface area contributed by atoms with Crippen molar-refractivity contribution in [1.82, 2.24) is 4.90 Å². The number of benzene rings is 2. The number of carbonyl (C=O) groups is 1. The Morgan fingerprint density at radius 2 is 1.55 bits per heavy atom. The van der Waals surface area contributed by atoms with Crippen molar-refractivity contribution in [2.45, 2.75) is 12.7 Å². The molecule has 0 aliphatic carbocycles. The number of nitrogens with zero attached hydrogens (tertiary/aromatic N) is 1. The summed E-state index contributed by atoms with van der Waals surface area (Å²) in [5, 5.41) is 0. The molecule has 0 aliphatic rings. The maximum Gasteiger partial charge on any atom is 0.416 e. The molecule has 2 aromatic rings. The van der Waals surface area contributed by atoms with Gasteiger partial charge in [0.15, 0.2) is 11.5 Å². The van der Waals surface area contributed by atoms with E-state index in [-0.39, 0.29) is 12.5 Å². The first-order valence-corrected chi connectivity index (χ1v) is 8.59. The Balaban J connectivity index is 2.10. The van der Waals surface area contributed by atoms with Gasteiger partial charge in [0.25, 0.3) is 0 Å². The number of carbonyl (C=O) groups excluding carboxylic acids is 1. The van der Waals surface area contributed by atoms with Crippen molar-refractivity contribution in [3.8, 4) is 17.2 Å². The molecule has 0 heterocycles. The summed E-state index contributed by atoms with van der Waals surface area (Å²) in [6.45, 7) is 0.177. The molecule has 2 aromatic carbocycles. The average Bonchev–Trinajstić information content (AvgIpc) is 2.70. The molecule has 5 nitrogen and oxygen atoms in total. The Labute approximate surface area is 167 Å². The molecular formula is C21H22F3NO4. The molecule has 1 amide bonds. The molecule has 2 rings (SSSR count). The monoisotopic (exact) mass is 409 g/mol. The Hall–Kier alpha value is -3.16. The highest BCUT2D eigenvalue weighted by atomic mass is 19.4. The van der Waals surface area contributed by atoms with Crippen LogP contribution in [0, 0.1) is 0 Å². The lowest BCUT2D eigenvalue weighted by molar-refractivity contribution is -0.137. The molecule has 0 radical (unpaired) electrons. The second-order valence-electron chi connectivity index (χ2n) is 6.18. The molecule has 0 spiro atoms. The van der Waals surface area contributed by atoms with Crippen LogP contribution in [0.5, 0.6) is 17.2 Å². The van der Waals surface area contributed by atoms with Crippen LogP contribution in [0.3, 0.4) is 0 Å². The molecule has 29 heavy (non-hydrogen) atoms. The van der Waals surface area contributed by atoms with Crippen LogP contribution >= 0.6 is 0 Å². The second kappa shape index (κ2) is 9.36. The summed E-state index contributed by atoms with van der Waals surface area (Å²) in [5.74, 6) is 1.05. The maximum atomic E-state index is 12.6. The lowest BCUT2D eigenvalue weighted by atomic mass is 10.1. The summed E-state index contributed by atoms with van der Waals surface area (Å²) in [5.41, 5.74) is 0.531. The van der Waals surface area contributed by atoms with E-state index in [4.69, 9.17) is 14.2 Å². The number of halogens is 3. The minimum atomic E-state index is -4.39. The summed E-state index contributed by atoms with van der Waals surface area (Å²) in [6.07, 6.45) is -1.43. The first-order valence-electron chi connectivity index (χ1n) is 8.59. The highest BCUT2D eigenvalue weighted by Crippen LogP contribution is 2.38. The van der Waals surface area contributed by atoms with Crippen molar-refractivity contribution in [1.29, 1.82) is 0 Å². The van der Waals surface area contributed by atoms with E-state index in [1.54, 1.807) is 25.3 Å². The number of hydrogen-bond acceptors (Lipinski definition) is 4. The first kappa shape index (κ1) is 22.1. The van der Waals surface area contributed by atoms with Crippen LogP contribution in [0.25, 0.3) is 6.08 Å². The van der Waals surface area contributed by atoms with Crippen molar-refractivity contribution < 1.29 is 32.2 Å². The summed E-state index contributed by atoms with van der Waals surface area (Å²) >= 11 is 0. The fraction of sp³-hybridized carbons (Fsp3) is 0.286. The summed E-state index contributed by atoms with van der Waals surface area (Å²) in [4.78, 5) is 13.8. The lowest BCUT2D eigenvalue weighted by Crippen LogP contribution is -2.24. The molecule has 0 aliphatic heterocycles. The Morgan fingerprint density at radius 1 is 1.00 bits per heavy atom. The van der Waals surface area contributed by atoms with Gasteiger partial charge in [0, 0.05) is 19.7 Å². The fourth-order valence-corrected chi connectivity index (χ4v) is 2.64. The number of rotatable bonds is 7. The van der Waals surface area contributed by atoms with Crippen LogP contribution in [0.4, 0.5) is 13.2 Å². The zero-order valence-corrected chi connectivity index (χ0v) is 16.5. The average molecular weight is 409 g/mol. The van der Waals surface area contributed by atoms with Crippen molar-refractivity contribution in [2.24, 2.45) is 0 Å². The normalized spacial score (nSPS) is 11.4. The van der Waals surface area contributed by atoms with Gasteiger partial charge in [-0.2, -0.15) is 13.2 Å². The van der Waals surface area contributed by atoms with E-state index in [1.165, 1.54) is 44.4 Å². The molecule has 8 heteroatoms. The number of likely N-dealkylation sites (N-methyl/N-ethyl adjacent to an activating group) is 1. The van der Waals surface area contributed by atoms with Gasteiger partial charge in [0.2, 0.25) is 11.7 Å². The van der Waals surface area contributed by atoms with Crippen molar-refractivity contribution in [3.05, 3.63) is 59.2 Å². The van der Waals surface area contributed by atoms with E-state index >= 15 is 0 Å². The largest absolute Gasteiger partial charge is 0.493 e. The number of alkyl halides is 3. The van der Waals surface area contributed by atoms with Crippen LogP contribution in [-0.2, 0) is 17.5 Å². The Kier molecular flexibility index (Phi) is 7.14. The second-order valence-corrected chi connectivity index (χ2v) is 6.18. The number of amides is 1. The molecule has 0 saturated heterocycles. The van der Waals surface area contributed by atoms with E-state index in [0.717, 1.165) is 12.1 Å². The van der Waals surface area contributed by atoms with E-state index in [0.29, 0.717) is 28.4 Å². The highest BCUT2D eigenvalue weighted by Gasteiger charge is 2.29. The number of methoxy groups -OCH3 is 3. The molecule has 0 N–H and O–H groups in total. The van der Waals surface area contributed by atoms with Crippen molar-refractivity contribution >= 4 is 12.0 Å². The highest BCUT2D eigenvalue weighted by molar-refractivity contribution is 5.91. The summed E-state index contributed by atoms with van der Waals surface area (Å²) in [6, 6.07) is 8.10. The van der Waals surface area contributed by atoms with Gasteiger partial charge in [0.05, 0.1) is 26.9 Å². The Morgan fingerprint density at radius 3 is 2.00 bits per heavy atom. The van der Waals surface area contributed by atoms with Gasteiger partial charge in [0.1, 0.15) is 0 Å². The topological polar surface area (TPSA) is 48.0 Å². The molecule has 0 atom stereocenters. The third-order valence-electron chi connectivity index (χ3n) is 4.18. The van der Waals surface area contributed by atoms with E-state index < -0.39 is 11.7 Å². The summed E-state index contributed by atoms with van der Waals surface area (Å²) in [7, 11) is 6.05. The quantitative estimate of drug-likeness (QED) is 0.636. The molecule has 156 valence electrons. The van der Waals surface area contributed by atoms with Gasteiger partial charge in [-0.1, -0.05) is 12.1 Å². The van der Waals surface area contributed by atoms with Crippen LogP contribution in [-0.4, -0.2) is 39.2 Å². The number of hydrogen-bond donors (Lipinski definition) is 0. The predicted molar refractivity (Wildman–Crippen MR) is 103 cm³/mol. The van der Waals surface area contributed by atoms with Gasteiger partial charge in [-0.15, -0.1) is 0 Å². The SMILES string of the molecule is COc1cc(/C=C/C(=O)N(C)Cc2ccc(C(F)(F)F)cc2)cc(OC)c1OC. The minimum absolute atomic E-state index is 0.177. The zero-order chi connectivity index (χ0) is 21.6. The van der Waals surface area contributed by atoms with Gasteiger partial charge in [-0.3, -0.25) is 4.79 Å². The Bertz CT molecular complexity index is 851. The van der Waals surface area contributed by atoms with Gasteiger partial charge < -0.3 is 19.1 Å². The van der Waals surface area contributed by atoms with Crippen molar-refractivity contribution in [2.75, 3.05) is 28.4 Å². The molecule has 0 bridgehead atoms. The predicted octanol–water partition coefficient (Wildman–Crippen LogP) is 4.40. The summed E-state index contributed by atoms with van der Waals surface area (Å²) < 4.78 is 53.7.